The van der Waals surface area contributed by atoms with E-state index >= 15 is 0 Å². The number of ether oxygens (including phenoxy) is 2. The first kappa shape index (κ1) is 50.6. The molecule has 1 aliphatic rings. The third kappa shape index (κ3) is 31.5. The Labute approximate surface area is 304 Å². The molecule has 1 N–H and O–H groups in total. The Morgan fingerprint density at radius 3 is 1.69 bits per heavy atom. The number of amides is 1. The van der Waals surface area contributed by atoms with E-state index in [2.05, 4.69) is 33.9 Å². The van der Waals surface area contributed by atoms with Gasteiger partial charge < -0.3 is 19.5 Å². The maximum absolute atomic E-state index is 11.8. The molecule has 1 radical (unpaired) electrons. The van der Waals surface area contributed by atoms with Gasteiger partial charge in [-0.1, -0.05) is 38.1 Å². The van der Waals surface area contributed by atoms with Gasteiger partial charge in [0, 0.05) is 13.1 Å². The first-order chi connectivity index (χ1) is 22.6. The van der Waals surface area contributed by atoms with Crippen LogP contribution in [-0.2, 0) is 15.9 Å². The van der Waals surface area contributed by atoms with Crippen LogP contribution in [0.3, 0.4) is 0 Å². The maximum atomic E-state index is 11.8. The molecule has 2 rings (SSSR count). The summed E-state index contributed by atoms with van der Waals surface area (Å²) in [6, 6.07) is 7.43. The van der Waals surface area contributed by atoms with Gasteiger partial charge in [-0.2, -0.15) is 0 Å². The number of aliphatic hydroxyl groups excluding tert-OH is 1. The van der Waals surface area contributed by atoms with Crippen molar-refractivity contribution < 1.29 is 24.2 Å². The van der Waals surface area contributed by atoms with Gasteiger partial charge in [0.05, 0.1) is 11.7 Å². The molecular weight excluding hydrogens is 705 g/mol. The van der Waals surface area contributed by atoms with E-state index < -0.39 is 31.0 Å². The zero-order valence-corrected chi connectivity index (χ0v) is 36.2. The van der Waals surface area contributed by atoms with E-state index in [0.717, 1.165) is 12.0 Å². The number of esters is 1. The molecule has 1 amide bonds. The van der Waals surface area contributed by atoms with Crippen LogP contribution in [0.1, 0.15) is 150 Å². The molecule has 0 aliphatic carbocycles. The average molecular weight is 782 g/mol. The molecule has 0 unspecified atom stereocenters. The average Bonchev–Trinajstić information content (AvgIpc) is 3.02. The van der Waals surface area contributed by atoms with Crippen molar-refractivity contribution in [3.8, 4) is 0 Å². The normalized spacial score (nSPS) is 12.8. The molecule has 1 fully saturated rings. The summed E-state index contributed by atoms with van der Waals surface area (Å²) in [5.74, 6) is -0.279. The van der Waals surface area contributed by atoms with Crippen molar-refractivity contribution in [2.75, 3.05) is 13.1 Å². The number of piperidine rings is 1. The second-order valence-corrected chi connectivity index (χ2v) is 22.4. The Morgan fingerprint density at radius 1 is 0.875 bits per heavy atom. The van der Waals surface area contributed by atoms with Crippen LogP contribution >= 0.6 is 0 Å². The Balaban J connectivity index is -0.000000594. The second kappa shape index (κ2) is 31.2. The van der Waals surface area contributed by atoms with Crippen LogP contribution in [0.5, 0.6) is 0 Å². The molecule has 1 aliphatic heterocycles. The molecule has 0 bridgehead atoms. The van der Waals surface area contributed by atoms with Gasteiger partial charge in [0.15, 0.2) is 0 Å². The van der Waals surface area contributed by atoms with Gasteiger partial charge >= 0.3 is 104 Å². The topological polar surface area (TPSA) is 76.1 Å². The minimum atomic E-state index is -0.839. The molecule has 0 spiro atoms. The summed E-state index contributed by atoms with van der Waals surface area (Å²) in [5.41, 5.74) is 0.770. The Morgan fingerprint density at radius 2 is 1.31 bits per heavy atom. The van der Waals surface area contributed by atoms with E-state index in [4.69, 9.17) is 9.47 Å². The van der Waals surface area contributed by atoms with Crippen molar-refractivity contribution in [3.63, 3.8) is 0 Å². The Bertz CT molecular complexity index is 924. The zero-order valence-electron chi connectivity index (χ0n) is 33.4. The summed E-state index contributed by atoms with van der Waals surface area (Å²) in [4.78, 5) is 25.0. The number of unbranched alkanes of at least 4 members (excludes halogenated alkanes) is 3. The number of likely N-dealkylation sites (tertiary alicyclic amines) is 1. The van der Waals surface area contributed by atoms with Crippen molar-refractivity contribution >= 4 is 31.8 Å². The van der Waals surface area contributed by atoms with Crippen LogP contribution in [-0.4, -0.2) is 72.2 Å². The molecule has 48 heavy (non-hydrogen) atoms. The van der Waals surface area contributed by atoms with Gasteiger partial charge in [-0.05, 0) is 85.4 Å². The molecule has 1 aromatic carbocycles. The van der Waals surface area contributed by atoms with Crippen LogP contribution in [0.25, 0.3) is 0 Å². The van der Waals surface area contributed by atoms with E-state index in [1.54, 1.807) is 30.4 Å². The van der Waals surface area contributed by atoms with Crippen molar-refractivity contribution in [2.45, 2.75) is 171 Å². The fraction of sp³-hybridized carbons (Fsp3) is 0.707. The van der Waals surface area contributed by atoms with Crippen LogP contribution in [0.4, 0.5) is 4.79 Å². The zero-order chi connectivity index (χ0) is 37.6. The summed E-state index contributed by atoms with van der Waals surface area (Å²) in [6.07, 6.45) is 13.9. The first-order valence-corrected chi connectivity index (χ1v) is 24.6. The van der Waals surface area contributed by atoms with Gasteiger partial charge in [-0.3, -0.25) is 0 Å². The molecule has 0 aromatic heterocycles. The van der Waals surface area contributed by atoms with E-state index in [-0.39, 0.29) is 18.2 Å². The number of hydrogen-bond acceptors (Lipinski definition) is 5. The van der Waals surface area contributed by atoms with Crippen LogP contribution in [0.15, 0.2) is 49.6 Å². The van der Waals surface area contributed by atoms with E-state index in [1.165, 1.54) is 38.5 Å². The summed E-state index contributed by atoms with van der Waals surface area (Å²) in [6.45, 7) is 32.2. The number of benzene rings is 1. The second-order valence-electron chi connectivity index (χ2n) is 13.9. The van der Waals surface area contributed by atoms with E-state index in [9.17, 15) is 14.7 Å². The van der Waals surface area contributed by atoms with E-state index in [0.29, 0.717) is 31.5 Å². The van der Waals surface area contributed by atoms with Crippen molar-refractivity contribution in [2.24, 2.45) is 0 Å². The fourth-order valence-electron chi connectivity index (χ4n) is 4.36. The number of nitrogens with zero attached hydrogens (tertiary/aromatic N) is 1. The number of carbonyl (C=O) groups excluding carboxylic acids is 2. The molecular formula is C41H76NO5Sn. The fourth-order valence-corrected chi connectivity index (χ4v) is 13.8. The molecule has 1 aromatic rings. The number of aliphatic hydroxyl groups is 1. The summed E-state index contributed by atoms with van der Waals surface area (Å²) >= 11 is -0.839. The number of rotatable bonds is 12. The van der Waals surface area contributed by atoms with Gasteiger partial charge in [0.1, 0.15) is 11.2 Å². The summed E-state index contributed by atoms with van der Waals surface area (Å²) in [5, 5.41) is 9.26. The number of allylic oxidation sites excluding steroid dienone is 2. The minimum absolute atomic E-state index is 0.256. The molecule has 279 valence electrons. The predicted molar refractivity (Wildman–Crippen MR) is 211 cm³/mol. The summed E-state index contributed by atoms with van der Waals surface area (Å²) < 4.78 is 15.5. The molecule has 0 saturated carbocycles. The Kier molecular flexibility index (Phi) is 32.9. The van der Waals surface area contributed by atoms with Gasteiger partial charge in [0.2, 0.25) is 0 Å². The van der Waals surface area contributed by atoms with Crippen molar-refractivity contribution in [3.05, 3.63) is 60.7 Å². The van der Waals surface area contributed by atoms with Gasteiger partial charge in [0.25, 0.3) is 0 Å². The molecule has 1 saturated heterocycles. The van der Waals surface area contributed by atoms with Crippen LogP contribution in [0.2, 0.25) is 13.3 Å². The SMILES string of the molecule is C=CC.C=CCc1cccc(C(=O)OC(C)(C)C)c1.CC.CC(C)(C)OC(=O)N1CCC(O)CC1.CCC[CH2][Sn]([CH2]CCC)[CH2]CCC. The predicted octanol–water partition coefficient (Wildman–Crippen LogP) is 11.8. The van der Waals surface area contributed by atoms with Gasteiger partial charge in [-0.15, -0.1) is 13.2 Å². The first-order valence-electron chi connectivity index (χ1n) is 18.6. The van der Waals surface area contributed by atoms with Crippen molar-refractivity contribution in [1.29, 1.82) is 0 Å². The molecule has 0 atom stereocenters. The molecule has 7 heteroatoms. The van der Waals surface area contributed by atoms with Crippen molar-refractivity contribution in [1.82, 2.24) is 4.90 Å². The number of carbonyl (C=O) groups is 2. The summed E-state index contributed by atoms with van der Waals surface area (Å²) in [7, 11) is 0. The quantitative estimate of drug-likeness (QED) is 0.130. The van der Waals surface area contributed by atoms with Crippen LogP contribution in [0, 0.1) is 0 Å². The number of hydrogen-bond donors (Lipinski definition) is 1. The van der Waals surface area contributed by atoms with Crippen LogP contribution < -0.4 is 0 Å². The Hall–Kier alpha value is -1.80. The third-order valence-electron chi connectivity index (χ3n) is 6.71. The molecule has 1 heterocycles. The van der Waals surface area contributed by atoms with Gasteiger partial charge in [-0.25, -0.2) is 9.59 Å². The monoisotopic (exact) mass is 782 g/mol. The van der Waals surface area contributed by atoms with E-state index in [1.807, 2.05) is 86.6 Å². The standard InChI is InChI=1S/C14H18O2.C10H19NO3.3C4H9.C3H6.C2H6.Sn/c1-5-7-11-8-6-9-12(10-11)13(15)16-14(2,3)4;1-10(2,3)14-9(13)11-6-4-8(12)5-7-11;3*1-3-4-2;1-3-2;1-2;/h5-6,8-10H,1,7H2,2-4H3;8,12H,4-7H2,1-3H3;3*1,3-4H2,2H3;3H,1H2,2H3;1-2H3;. The third-order valence-corrected chi connectivity index (χ3v) is 15.8. The molecule has 6 nitrogen and oxygen atoms in total.